The molecule has 0 aromatic carbocycles. The number of oxazole rings is 1. The van der Waals surface area contributed by atoms with Crippen LogP contribution in [0.1, 0.15) is 31.5 Å². The van der Waals surface area contributed by atoms with Gasteiger partial charge in [0.25, 0.3) is 0 Å². The van der Waals surface area contributed by atoms with E-state index >= 15 is 0 Å². The first-order chi connectivity index (χ1) is 9.38. The van der Waals surface area contributed by atoms with Crippen LogP contribution in [0, 0.1) is 18.8 Å². The maximum atomic E-state index is 12.0. The number of rotatable bonds is 4. The summed E-state index contributed by atoms with van der Waals surface area (Å²) in [5.41, 5.74) is 0. The molecule has 2 atom stereocenters. The molecule has 0 radical (unpaired) electrons. The van der Waals surface area contributed by atoms with Crippen LogP contribution in [0.2, 0.25) is 0 Å². The Bertz CT molecular complexity index is 507. The van der Waals surface area contributed by atoms with Gasteiger partial charge in [-0.2, -0.15) is 0 Å². The Balaban J connectivity index is 1.81. The van der Waals surface area contributed by atoms with Crippen molar-refractivity contribution in [2.24, 2.45) is 11.8 Å². The number of hydrogen-bond acceptors (Lipinski definition) is 4. The average Bonchev–Trinajstić information content (AvgIpc) is 2.73. The van der Waals surface area contributed by atoms with E-state index in [1.54, 1.807) is 31.9 Å². The summed E-state index contributed by atoms with van der Waals surface area (Å²) < 4.78 is 5.35. The quantitative estimate of drug-likeness (QED) is 0.869. The second kappa shape index (κ2) is 5.52. The van der Waals surface area contributed by atoms with Crippen LogP contribution in [0.3, 0.4) is 0 Å². The molecule has 0 saturated carbocycles. The SMILES string of the molecule is Cc1cnc(C(C)NC(=O)N2CC(C(C)C(=O)O)C2)o1. The molecular formula is C13H19N3O4. The van der Waals surface area contributed by atoms with E-state index in [4.69, 9.17) is 9.52 Å². The van der Waals surface area contributed by atoms with Crippen LogP contribution in [0.25, 0.3) is 0 Å². The topological polar surface area (TPSA) is 95.7 Å². The summed E-state index contributed by atoms with van der Waals surface area (Å²) >= 11 is 0. The molecule has 1 saturated heterocycles. The second-order valence-electron chi connectivity index (χ2n) is 5.27. The van der Waals surface area contributed by atoms with Crippen LogP contribution >= 0.6 is 0 Å². The summed E-state index contributed by atoms with van der Waals surface area (Å²) in [5, 5.41) is 11.7. The lowest BCUT2D eigenvalue weighted by molar-refractivity contribution is -0.144. The molecule has 1 aliphatic heterocycles. The molecule has 1 aliphatic rings. The van der Waals surface area contributed by atoms with E-state index in [0.29, 0.717) is 24.7 Å². The van der Waals surface area contributed by atoms with Gasteiger partial charge in [-0.3, -0.25) is 4.79 Å². The van der Waals surface area contributed by atoms with Crippen molar-refractivity contribution in [3.8, 4) is 0 Å². The normalized spacial score (nSPS) is 18.2. The van der Waals surface area contributed by atoms with Gasteiger partial charge in [-0.05, 0) is 13.8 Å². The van der Waals surface area contributed by atoms with Crippen LogP contribution in [0.15, 0.2) is 10.6 Å². The van der Waals surface area contributed by atoms with Gasteiger partial charge >= 0.3 is 12.0 Å². The number of amides is 2. The molecule has 2 N–H and O–H groups in total. The molecule has 1 fully saturated rings. The van der Waals surface area contributed by atoms with Gasteiger partial charge in [-0.15, -0.1) is 0 Å². The summed E-state index contributed by atoms with van der Waals surface area (Å²) in [6.07, 6.45) is 1.60. The zero-order valence-corrected chi connectivity index (χ0v) is 11.8. The third-order valence-electron chi connectivity index (χ3n) is 3.64. The first-order valence-corrected chi connectivity index (χ1v) is 6.59. The number of carbonyl (C=O) groups is 2. The van der Waals surface area contributed by atoms with Crippen molar-refractivity contribution in [1.29, 1.82) is 0 Å². The number of nitrogens with zero attached hydrogens (tertiary/aromatic N) is 2. The second-order valence-corrected chi connectivity index (χ2v) is 5.27. The van der Waals surface area contributed by atoms with Gasteiger partial charge in [0.1, 0.15) is 11.8 Å². The standard InChI is InChI=1S/C13H19N3O4/c1-7-4-14-11(20-7)9(3)15-13(19)16-5-10(6-16)8(2)12(17)18/h4,8-10H,5-6H2,1-3H3,(H,15,19)(H,17,18). The smallest absolute Gasteiger partial charge is 0.318 e. The monoisotopic (exact) mass is 281 g/mol. The highest BCUT2D eigenvalue weighted by Gasteiger charge is 2.37. The highest BCUT2D eigenvalue weighted by Crippen LogP contribution is 2.24. The Kier molecular flexibility index (Phi) is 3.96. The third kappa shape index (κ3) is 2.92. The lowest BCUT2D eigenvalue weighted by atomic mass is 9.87. The molecular weight excluding hydrogens is 262 g/mol. The minimum atomic E-state index is -0.821. The Labute approximate surface area is 117 Å². The minimum absolute atomic E-state index is 0.0255. The molecule has 2 rings (SSSR count). The zero-order valence-electron chi connectivity index (χ0n) is 11.8. The van der Waals surface area contributed by atoms with Crippen molar-refractivity contribution in [2.75, 3.05) is 13.1 Å². The zero-order chi connectivity index (χ0) is 14.9. The summed E-state index contributed by atoms with van der Waals surface area (Å²) in [6.45, 7) is 6.19. The molecule has 1 aromatic rings. The number of carboxylic acids is 1. The van der Waals surface area contributed by atoms with E-state index in [-0.39, 0.29) is 18.0 Å². The van der Waals surface area contributed by atoms with Crippen LogP contribution in [-0.2, 0) is 4.79 Å². The summed E-state index contributed by atoms with van der Waals surface area (Å²) in [4.78, 5) is 28.4. The predicted octanol–water partition coefficient (Wildman–Crippen LogP) is 1.41. The van der Waals surface area contributed by atoms with Crippen LogP contribution in [0.4, 0.5) is 4.79 Å². The van der Waals surface area contributed by atoms with Gasteiger partial charge in [-0.1, -0.05) is 6.92 Å². The molecule has 7 nitrogen and oxygen atoms in total. The van der Waals surface area contributed by atoms with Gasteiger partial charge in [0.05, 0.1) is 12.1 Å². The lowest BCUT2D eigenvalue weighted by Crippen LogP contribution is -2.56. The Morgan fingerprint density at radius 3 is 2.65 bits per heavy atom. The first kappa shape index (κ1) is 14.4. The van der Waals surface area contributed by atoms with Crippen LogP contribution in [0.5, 0.6) is 0 Å². The molecule has 7 heteroatoms. The molecule has 2 heterocycles. The van der Waals surface area contributed by atoms with Gasteiger partial charge in [-0.25, -0.2) is 9.78 Å². The van der Waals surface area contributed by atoms with E-state index in [9.17, 15) is 9.59 Å². The molecule has 0 aliphatic carbocycles. The highest BCUT2D eigenvalue weighted by atomic mass is 16.4. The fourth-order valence-corrected chi connectivity index (χ4v) is 2.11. The largest absolute Gasteiger partial charge is 0.481 e. The fourth-order valence-electron chi connectivity index (χ4n) is 2.11. The fraction of sp³-hybridized carbons (Fsp3) is 0.615. The Morgan fingerprint density at radius 2 is 2.15 bits per heavy atom. The van der Waals surface area contributed by atoms with Crippen molar-refractivity contribution in [3.05, 3.63) is 17.8 Å². The van der Waals surface area contributed by atoms with E-state index < -0.39 is 11.9 Å². The number of nitrogens with one attached hydrogen (secondary N) is 1. The summed E-state index contributed by atoms with van der Waals surface area (Å²) in [6, 6.07) is -0.533. The number of aliphatic carboxylic acids is 1. The maximum Gasteiger partial charge on any atom is 0.318 e. The highest BCUT2D eigenvalue weighted by molar-refractivity contribution is 5.76. The minimum Gasteiger partial charge on any atom is -0.481 e. The van der Waals surface area contributed by atoms with E-state index in [2.05, 4.69) is 10.3 Å². The Morgan fingerprint density at radius 1 is 1.50 bits per heavy atom. The van der Waals surface area contributed by atoms with Crippen molar-refractivity contribution in [1.82, 2.24) is 15.2 Å². The van der Waals surface area contributed by atoms with Crippen LogP contribution in [-0.4, -0.2) is 40.1 Å². The number of aromatic nitrogens is 1. The first-order valence-electron chi connectivity index (χ1n) is 6.59. The maximum absolute atomic E-state index is 12.0. The third-order valence-corrected chi connectivity index (χ3v) is 3.64. The van der Waals surface area contributed by atoms with E-state index in [1.807, 2.05) is 0 Å². The number of aryl methyl sites for hydroxylation is 1. The van der Waals surface area contributed by atoms with Gasteiger partial charge in [0.2, 0.25) is 5.89 Å². The van der Waals surface area contributed by atoms with Crippen molar-refractivity contribution < 1.29 is 19.1 Å². The van der Waals surface area contributed by atoms with Gasteiger partial charge < -0.3 is 19.7 Å². The molecule has 0 bridgehead atoms. The van der Waals surface area contributed by atoms with E-state index in [0.717, 1.165) is 0 Å². The van der Waals surface area contributed by atoms with Crippen molar-refractivity contribution in [3.63, 3.8) is 0 Å². The molecule has 20 heavy (non-hydrogen) atoms. The van der Waals surface area contributed by atoms with Crippen molar-refractivity contribution in [2.45, 2.75) is 26.8 Å². The van der Waals surface area contributed by atoms with Crippen LogP contribution < -0.4 is 5.32 Å². The summed E-state index contributed by atoms with van der Waals surface area (Å²) in [7, 11) is 0. The van der Waals surface area contributed by atoms with Gasteiger partial charge in [0, 0.05) is 19.0 Å². The average molecular weight is 281 g/mol. The molecule has 1 aromatic heterocycles. The molecule has 2 amide bonds. The summed E-state index contributed by atoms with van der Waals surface area (Å²) in [5.74, 6) is -0.0608. The number of likely N-dealkylation sites (tertiary alicyclic amines) is 1. The molecule has 2 unspecified atom stereocenters. The number of urea groups is 1. The number of hydrogen-bond donors (Lipinski definition) is 2. The number of carboxylic acid groups (broad SMARTS) is 1. The molecule has 110 valence electrons. The van der Waals surface area contributed by atoms with Crippen molar-refractivity contribution >= 4 is 12.0 Å². The molecule has 0 spiro atoms. The lowest BCUT2D eigenvalue weighted by Gasteiger charge is -2.41. The Hall–Kier alpha value is -2.05. The van der Waals surface area contributed by atoms with E-state index in [1.165, 1.54) is 0 Å². The van der Waals surface area contributed by atoms with Gasteiger partial charge in [0.15, 0.2) is 0 Å². The predicted molar refractivity (Wildman–Crippen MR) is 70.0 cm³/mol. The number of carbonyl (C=O) groups excluding carboxylic acids is 1.